The van der Waals surface area contributed by atoms with Crippen LogP contribution in [0.2, 0.25) is 0 Å². The number of hydrogen-bond donors (Lipinski definition) is 1. The van der Waals surface area contributed by atoms with Crippen molar-refractivity contribution in [1.29, 1.82) is 0 Å². The minimum atomic E-state index is -0.0613. The minimum absolute atomic E-state index is 0.0613. The van der Waals surface area contributed by atoms with E-state index in [2.05, 4.69) is 20.3 Å². The van der Waals surface area contributed by atoms with E-state index >= 15 is 0 Å². The molecule has 0 bridgehead atoms. The van der Waals surface area contributed by atoms with Crippen LogP contribution < -0.4 is 5.32 Å². The highest BCUT2D eigenvalue weighted by molar-refractivity contribution is 5.95. The quantitative estimate of drug-likeness (QED) is 0.783. The molecule has 2 aromatic heterocycles. The van der Waals surface area contributed by atoms with Crippen LogP contribution >= 0.6 is 0 Å². The van der Waals surface area contributed by atoms with Crippen LogP contribution in [0.1, 0.15) is 21.5 Å². The van der Waals surface area contributed by atoms with Crippen molar-refractivity contribution < 1.29 is 4.79 Å². The predicted molar refractivity (Wildman–Crippen MR) is 91.5 cm³/mol. The van der Waals surface area contributed by atoms with Gasteiger partial charge in [-0.25, -0.2) is 15.0 Å². The smallest absolute Gasteiger partial charge is 0.251 e. The summed E-state index contributed by atoms with van der Waals surface area (Å²) in [6.07, 6.45) is 6.93. The first-order valence-corrected chi connectivity index (χ1v) is 7.79. The number of imidazole rings is 1. The molecule has 3 aromatic rings. The van der Waals surface area contributed by atoms with E-state index in [1.165, 1.54) is 0 Å². The molecule has 0 radical (unpaired) electrons. The van der Waals surface area contributed by atoms with Crippen molar-refractivity contribution in [1.82, 2.24) is 24.8 Å². The second kappa shape index (κ2) is 7.04. The standard InChI is InChI=1S/C18H19N5O/c1-13-4-5-14(2)15(12-13)18(24)22-9-11-23-10-8-21-17(23)16-19-6-3-7-20-16/h3-8,10,12H,9,11H2,1-2H3,(H,22,24). The maximum atomic E-state index is 12.3. The Balaban J connectivity index is 1.64. The van der Waals surface area contributed by atoms with Crippen molar-refractivity contribution in [2.45, 2.75) is 20.4 Å². The lowest BCUT2D eigenvalue weighted by atomic mass is 10.1. The van der Waals surface area contributed by atoms with Crippen LogP contribution in [0, 0.1) is 13.8 Å². The topological polar surface area (TPSA) is 72.7 Å². The van der Waals surface area contributed by atoms with Crippen molar-refractivity contribution in [2.24, 2.45) is 0 Å². The highest BCUT2D eigenvalue weighted by Crippen LogP contribution is 2.12. The minimum Gasteiger partial charge on any atom is -0.350 e. The lowest BCUT2D eigenvalue weighted by molar-refractivity contribution is 0.0951. The average molecular weight is 321 g/mol. The zero-order valence-electron chi connectivity index (χ0n) is 13.7. The number of amides is 1. The van der Waals surface area contributed by atoms with Gasteiger partial charge in [0.15, 0.2) is 11.6 Å². The first kappa shape index (κ1) is 15.9. The van der Waals surface area contributed by atoms with Crippen molar-refractivity contribution in [3.05, 3.63) is 65.7 Å². The van der Waals surface area contributed by atoms with E-state index in [0.29, 0.717) is 30.3 Å². The van der Waals surface area contributed by atoms with Crippen LogP contribution in [0.15, 0.2) is 49.1 Å². The monoisotopic (exact) mass is 321 g/mol. The highest BCUT2D eigenvalue weighted by atomic mass is 16.1. The molecule has 0 atom stereocenters. The molecule has 0 aliphatic carbocycles. The summed E-state index contributed by atoms with van der Waals surface area (Å²) in [6, 6.07) is 7.64. The van der Waals surface area contributed by atoms with Gasteiger partial charge in [0, 0.05) is 43.4 Å². The molecule has 1 amide bonds. The summed E-state index contributed by atoms with van der Waals surface area (Å²) in [5, 5.41) is 2.96. The van der Waals surface area contributed by atoms with Crippen LogP contribution in [0.5, 0.6) is 0 Å². The predicted octanol–water partition coefficient (Wildman–Crippen LogP) is 2.39. The number of aryl methyl sites for hydroxylation is 2. The number of nitrogens with zero attached hydrogens (tertiary/aromatic N) is 4. The van der Waals surface area contributed by atoms with E-state index in [1.807, 2.05) is 42.8 Å². The van der Waals surface area contributed by atoms with Gasteiger partial charge >= 0.3 is 0 Å². The fourth-order valence-corrected chi connectivity index (χ4v) is 2.48. The molecule has 1 N–H and O–H groups in total. The summed E-state index contributed by atoms with van der Waals surface area (Å²) < 4.78 is 1.93. The third-order valence-corrected chi connectivity index (χ3v) is 3.76. The Morgan fingerprint density at radius 2 is 1.92 bits per heavy atom. The number of carbonyl (C=O) groups excluding carboxylic acids is 1. The molecule has 1 aromatic carbocycles. The molecule has 0 saturated heterocycles. The highest BCUT2D eigenvalue weighted by Gasteiger charge is 2.10. The van der Waals surface area contributed by atoms with Crippen molar-refractivity contribution in [2.75, 3.05) is 6.54 Å². The maximum absolute atomic E-state index is 12.3. The van der Waals surface area contributed by atoms with Crippen molar-refractivity contribution in [3.63, 3.8) is 0 Å². The van der Waals surface area contributed by atoms with Crippen LogP contribution in [0.25, 0.3) is 11.6 Å². The molecular weight excluding hydrogens is 302 g/mol. The zero-order valence-corrected chi connectivity index (χ0v) is 13.7. The molecule has 6 nitrogen and oxygen atoms in total. The molecule has 3 rings (SSSR count). The number of carbonyl (C=O) groups is 1. The zero-order chi connectivity index (χ0) is 16.9. The molecule has 122 valence electrons. The second-order valence-corrected chi connectivity index (χ2v) is 5.59. The second-order valence-electron chi connectivity index (χ2n) is 5.59. The molecule has 0 unspecified atom stereocenters. The Hall–Kier alpha value is -3.02. The fraction of sp³-hybridized carbons (Fsp3) is 0.222. The van der Waals surface area contributed by atoms with E-state index in [4.69, 9.17) is 0 Å². The number of aromatic nitrogens is 4. The molecule has 0 saturated carbocycles. The average Bonchev–Trinajstić information content (AvgIpc) is 3.06. The summed E-state index contributed by atoms with van der Waals surface area (Å²) in [4.78, 5) is 25.1. The van der Waals surface area contributed by atoms with Crippen LogP contribution in [0.3, 0.4) is 0 Å². The Kier molecular flexibility index (Phi) is 4.65. The third-order valence-electron chi connectivity index (χ3n) is 3.76. The number of nitrogens with one attached hydrogen (secondary N) is 1. The Bertz CT molecular complexity index is 842. The van der Waals surface area contributed by atoms with E-state index in [9.17, 15) is 4.79 Å². The number of rotatable bonds is 5. The van der Waals surface area contributed by atoms with Gasteiger partial charge in [-0.1, -0.05) is 17.7 Å². The first-order chi connectivity index (χ1) is 11.6. The molecule has 0 aliphatic heterocycles. The summed E-state index contributed by atoms with van der Waals surface area (Å²) >= 11 is 0. The Morgan fingerprint density at radius 3 is 2.71 bits per heavy atom. The van der Waals surface area contributed by atoms with Gasteiger partial charge in [0.1, 0.15) is 0 Å². The van der Waals surface area contributed by atoms with E-state index in [0.717, 1.165) is 11.1 Å². The summed E-state index contributed by atoms with van der Waals surface area (Å²) in [6.45, 7) is 5.02. The van der Waals surface area contributed by atoms with Gasteiger partial charge in [-0.3, -0.25) is 4.79 Å². The van der Waals surface area contributed by atoms with Gasteiger partial charge in [0.25, 0.3) is 5.91 Å². The lowest BCUT2D eigenvalue weighted by Crippen LogP contribution is -2.28. The van der Waals surface area contributed by atoms with Gasteiger partial charge in [0.05, 0.1) is 0 Å². The van der Waals surface area contributed by atoms with Crippen LogP contribution in [-0.2, 0) is 6.54 Å². The van der Waals surface area contributed by atoms with Gasteiger partial charge in [0.2, 0.25) is 0 Å². The van der Waals surface area contributed by atoms with E-state index in [-0.39, 0.29) is 5.91 Å². The molecular formula is C18H19N5O. The third kappa shape index (κ3) is 3.48. The molecule has 2 heterocycles. The summed E-state index contributed by atoms with van der Waals surface area (Å²) in [5.74, 6) is 1.20. The van der Waals surface area contributed by atoms with E-state index < -0.39 is 0 Å². The fourth-order valence-electron chi connectivity index (χ4n) is 2.48. The van der Waals surface area contributed by atoms with E-state index in [1.54, 1.807) is 24.7 Å². The molecule has 0 spiro atoms. The van der Waals surface area contributed by atoms with Gasteiger partial charge in [-0.05, 0) is 31.5 Å². The van der Waals surface area contributed by atoms with Crippen LogP contribution in [-0.4, -0.2) is 32.0 Å². The normalized spacial score (nSPS) is 10.6. The molecule has 0 fully saturated rings. The molecule has 6 heteroatoms. The van der Waals surface area contributed by atoms with Gasteiger partial charge < -0.3 is 9.88 Å². The van der Waals surface area contributed by atoms with Crippen molar-refractivity contribution in [3.8, 4) is 11.6 Å². The SMILES string of the molecule is Cc1ccc(C)c(C(=O)NCCn2ccnc2-c2ncccn2)c1. The van der Waals surface area contributed by atoms with Gasteiger partial charge in [-0.2, -0.15) is 0 Å². The van der Waals surface area contributed by atoms with Gasteiger partial charge in [-0.15, -0.1) is 0 Å². The summed E-state index contributed by atoms with van der Waals surface area (Å²) in [7, 11) is 0. The molecule has 24 heavy (non-hydrogen) atoms. The Morgan fingerprint density at radius 1 is 1.12 bits per heavy atom. The van der Waals surface area contributed by atoms with Crippen LogP contribution in [0.4, 0.5) is 0 Å². The Labute approximate surface area is 140 Å². The van der Waals surface area contributed by atoms with Crippen molar-refractivity contribution >= 4 is 5.91 Å². The largest absolute Gasteiger partial charge is 0.350 e. The number of hydrogen-bond acceptors (Lipinski definition) is 4. The molecule has 0 aliphatic rings. The number of benzene rings is 1. The maximum Gasteiger partial charge on any atom is 0.251 e. The summed E-state index contributed by atoms with van der Waals surface area (Å²) in [5.41, 5.74) is 2.76. The first-order valence-electron chi connectivity index (χ1n) is 7.79. The lowest BCUT2D eigenvalue weighted by Gasteiger charge is -2.10.